The van der Waals surface area contributed by atoms with E-state index in [0.29, 0.717) is 0 Å². The average Bonchev–Trinajstić information content (AvgIpc) is 2.02. The zero-order valence-corrected chi connectivity index (χ0v) is 7.68. The first-order valence-corrected chi connectivity index (χ1v) is 4.19. The highest BCUT2D eigenvalue weighted by molar-refractivity contribution is 6.20. The molecule has 66 valence electrons. The minimum atomic E-state index is -0.270. The second kappa shape index (κ2) is 5.58. The summed E-state index contributed by atoms with van der Waals surface area (Å²) >= 11 is 5.71. The molecule has 0 saturated carbocycles. The van der Waals surface area contributed by atoms with Gasteiger partial charge in [0.1, 0.15) is 5.56 Å². The zero-order valence-electron chi connectivity index (χ0n) is 6.92. The fourth-order valence-electron chi connectivity index (χ4n) is 0.949. The van der Waals surface area contributed by atoms with Crippen molar-refractivity contribution in [3.8, 4) is 0 Å². The molecule has 0 radical (unpaired) electrons. The molecule has 0 aliphatic carbocycles. The molecule has 0 aromatic heterocycles. The van der Waals surface area contributed by atoms with Crippen molar-refractivity contribution >= 4 is 11.6 Å². The maximum absolute atomic E-state index is 5.71. The molecular formula is C8H16ClNO. The Labute approximate surface area is 73.4 Å². The topological polar surface area (TPSA) is 35.2 Å². The number of alkyl halides is 1. The Balaban J connectivity index is 0.000000461. The van der Waals surface area contributed by atoms with Crippen LogP contribution in [0.2, 0.25) is 0 Å². The molecule has 1 aliphatic heterocycles. The highest BCUT2D eigenvalue weighted by Gasteiger charge is 2.23. The molecular weight excluding hydrogens is 162 g/mol. The first-order valence-electron chi connectivity index (χ1n) is 3.75. The number of hydrogen-bond donors (Lipinski definition) is 1. The molecule has 3 unspecified atom stereocenters. The van der Waals surface area contributed by atoms with Gasteiger partial charge in [-0.3, -0.25) is 0 Å². The molecule has 0 amide bonds. The van der Waals surface area contributed by atoms with E-state index in [-0.39, 0.29) is 17.7 Å². The molecule has 2 N–H and O–H groups in total. The van der Waals surface area contributed by atoms with Gasteiger partial charge < -0.3 is 10.5 Å². The summed E-state index contributed by atoms with van der Waals surface area (Å²) in [5.41, 5.74) is 5.31. The van der Waals surface area contributed by atoms with Crippen LogP contribution < -0.4 is 5.73 Å². The normalized spacial score (nSPS) is 37.2. The largest absolute Gasteiger partial charge is 0.358 e. The minimum absolute atomic E-state index is 0.0304. The van der Waals surface area contributed by atoms with Gasteiger partial charge in [-0.1, -0.05) is 11.6 Å². The second-order valence-electron chi connectivity index (χ2n) is 2.54. The van der Waals surface area contributed by atoms with Gasteiger partial charge in [0.05, 0.1) is 6.10 Å². The molecule has 2 nitrogen and oxygen atoms in total. The molecule has 3 heteroatoms. The standard InChI is InChI=1S/C6H12ClNO.C2H4/c1-4-2-3-5(8)6(7)9-4;1-2/h4-6H,2-3,8H2,1H3;1-2H2. The van der Waals surface area contributed by atoms with E-state index in [9.17, 15) is 0 Å². The fraction of sp³-hybridized carbons (Fsp3) is 0.750. The number of nitrogens with two attached hydrogens (primary N) is 1. The van der Waals surface area contributed by atoms with Crippen LogP contribution in [0.1, 0.15) is 19.8 Å². The Morgan fingerprint density at radius 2 is 2.00 bits per heavy atom. The highest BCUT2D eigenvalue weighted by Crippen LogP contribution is 2.19. The number of hydrogen-bond acceptors (Lipinski definition) is 2. The van der Waals surface area contributed by atoms with E-state index in [2.05, 4.69) is 13.2 Å². The van der Waals surface area contributed by atoms with Crippen molar-refractivity contribution < 1.29 is 4.74 Å². The third-order valence-corrected chi connectivity index (χ3v) is 2.03. The van der Waals surface area contributed by atoms with Gasteiger partial charge in [-0.05, 0) is 19.8 Å². The molecule has 1 saturated heterocycles. The van der Waals surface area contributed by atoms with Crippen LogP contribution >= 0.6 is 11.6 Å². The molecule has 1 heterocycles. The summed E-state index contributed by atoms with van der Waals surface area (Å²) in [5.74, 6) is 0. The first kappa shape index (κ1) is 11.0. The van der Waals surface area contributed by atoms with Gasteiger partial charge in [0, 0.05) is 6.04 Å². The second-order valence-corrected chi connectivity index (χ2v) is 2.97. The summed E-state index contributed by atoms with van der Waals surface area (Å²) in [6.45, 7) is 8.02. The van der Waals surface area contributed by atoms with E-state index in [1.807, 2.05) is 6.92 Å². The van der Waals surface area contributed by atoms with Crippen molar-refractivity contribution in [3.05, 3.63) is 13.2 Å². The molecule has 1 aliphatic rings. The minimum Gasteiger partial charge on any atom is -0.358 e. The first-order chi connectivity index (χ1) is 5.20. The van der Waals surface area contributed by atoms with Gasteiger partial charge in [0.25, 0.3) is 0 Å². The van der Waals surface area contributed by atoms with Gasteiger partial charge in [0.2, 0.25) is 0 Å². The Morgan fingerprint density at radius 1 is 1.45 bits per heavy atom. The van der Waals surface area contributed by atoms with Gasteiger partial charge >= 0.3 is 0 Å². The van der Waals surface area contributed by atoms with Gasteiger partial charge in [-0.15, -0.1) is 13.2 Å². The summed E-state index contributed by atoms with van der Waals surface area (Å²) in [7, 11) is 0. The van der Waals surface area contributed by atoms with Crippen molar-refractivity contribution in [2.24, 2.45) is 5.73 Å². The summed E-state index contributed by atoms with van der Waals surface area (Å²) in [4.78, 5) is 0. The molecule has 1 fully saturated rings. The smallest absolute Gasteiger partial charge is 0.146 e. The molecule has 3 atom stereocenters. The van der Waals surface area contributed by atoms with E-state index in [1.54, 1.807) is 0 Å². The van der Waals surface area contributed by atoms with Crippen molar-refractivity contribution in [2.45, 2.75) is 37.5 Å². The van der Waals surface area contributed by atoms with E-state index in [4.69, 9.17) is 22.1 Å². The summed E-state index contributed by atoms with van der Waals surface area (Å²) in [6, 6.07) is 0.0304. The van der Waals surface area contributed by atoms with Crippen LogP contribution in [0.15, 0.2) is 13.2 Å². The Hall–Kier alpha value is -0.0500. The Bertz CT molecular complexity index is 110. The lowest BCUT2D eigenvalue weighted by molar-refractivity contribution is -0.00775. The van der Waals surface area contributed by atoms with E-state index in [1.165, 1.54) is 0 Å². The third kappa shape index (κ3) is 3.75. The SMILES string of the molecule is C=C.CC1CCC(N)C(Cl)O1. The fourth-order valence-corrected chi connectivity index (χ4v) is 1.25. The molecule has 0 bridgehead atoms. The molecule has 0 aromatic carbocycles. The lowest BCUT2D eigenvalue weighted by Gasteiger charge is -2.28. The zero-order chi connectivity index (χ0) is 8.85. The molecule has 0 spiro atoms. The quantitative estimate of drug-likeness (QED) is 0.453. The van der Waals surface area contributed by atoms with Crippen molar-refractivity contribution in [1.29, 1.82) is 0 Å². The molecule has 11 heavy (non-hydrogen) atoms. The van der Waals surface area contributed by atoms with Crippen LogP contribution in [0.5, 0.6) is 0 Å². The van der Waals surface area contributed by atoms with E-state index >= 15 is 0 Å². The number of ether oxygens (including phenoxy) is 1. The van der Waals surface area contributed by atoms with Crippen molar-refractivity contribution in [1.82, 2.24) is 0 Å². The van der Waals surface area contributed by atoms with E-state index < -0.39 is 0 Å². The summed E-state index contributed by atoms with van der Waals surface area (Å²) < 4.78 is 5.24. The number of halogens is 1. The van der Waals surface area contributed by atoms with Crippen LogP contribution in [0, 0.1) is 0 Å². The molecule has 0 aromatic rings. The maximum Gasteiger partial charge on any atom is 0.146 e. The predicted molar refractivity (Wildman–Crippen MR) is 48.7 cm³/mol. The lowest BCUT2D eigenvalue weighted by Crippen LogP contribution is -2.39. The van der Waals surface area contributed by atoms with Gasteiger partial charge in [-0.2, -0.15) is 0 Å². The van der Waals surface area contributed by atoms with E-state index in [0.717, 1.165) is 12.8 Å². The van der Waals surface area contributed by atoms with Crippen LogP contribution in [-0.4, -0.2) is 17.7 Å². The average molecular weight is 178 g/mol. The van der Waals surface area contributed by atoms with Gasteiger partial charge in [0.15, 0.2) is 0 Å². The summed E-state index contributed by atoms with van der Waals surface area (Å²) in [5, 5.41) is 0. The Morgan fingerprint density at radius 3 is 2.36 bits per heavy atom. The van der Waals surface area contributed by atoms with Gasteiger partial charge in [-0.25, -0.2) is 0 Å². The third-order valence-electron chi connectivity index (χ3n) is 1.61. The summed E-state index contributed by atoms with van der Waals surface area (Å²) in [6.07, 6.45) is 2.30. The highest BCUT2D eigenvalue weighted by atomic mass is 35.5. The predicted octanol–water partition coefficient (Wildman–Crippen LogP) is 1.88. The maximum atomic E-state index is 5.71. The monoisotopic (exact) mass is 177 g/mol. The van der Waals surface area contributed by atoms with Crippen LogP contribution in [0.25, 0.3) is 0 Å². The lowest BCUT2D eigenvalue weighted by atomic mass is 10.1. The molecule has 1 rings (SSSR count). The van der Waals surface area contributed by atoms with Crippen molar-refractivity contribution in [2.75, 3.05) is 0 Å². The number of rotatable bonds is 0. The Kier molecular flexibility index (Phi) is 5.56. The van der Waals surface area contributed by atoms with Crippen LogP contribution in [-0.2, 0) is 4.74 Å². The van der Waals surface area contributed by atoms with Crippen LogP contribution in [0.3, 0.4) is 0 Å². The van der Waals surface area contributed by atoms with Crippen molar-refractivity contribution in [3.63, 3.8) is 0 Å². The van der Waals surface area contributed by atoms with Crippen LogP contribution in [0.4, 0.5) is 0 Å².